The standard InChI is InChI=1S/C24H34N2O4/c1-29-21-12-11-20(22(15-21)30-2)16-25-23(27)13-10-18-7-6-14-26(17-18)24(28)19-8-4-3-5-9-19/h8,11-12,15,18H,3-7,9-10,13-14,16-17H2,1-2H3,(H,25,27). The van der Waals surface area contributed by atoms with Crippen LogP contribution in [0.15, 0.2) is 29.8 Å². The number of ether oxygens (including phenoxy) is 2. The number of hydrogen-bond donors (Lipinski definition) is 1. The summed E-state index contributed by atoms with van der Waals surface area (Å²) in [5, 5.41) is 2.99. The number of nitrogens with zero attached hydrogens (tertiary/aromatic N) is 1. The smallest absolute Gasteiger partial charge is 0.249 e. The van der Waals surface area contributed by atoms with E-state index in [2.05, 4.69) is 11.4 Å². The molecule has 6 heteroatoms. The largest absolute Gasteiger partial charge is 0.497 e. The number of carbonyl (C=O) groups excluding carboxylic acids is 2. The van der Waals surface area contributed by atoms with Crippen LogP contribution >= 0.6 is 0 Å². The van der Waals surface area contributed by atoms with Crippen molar-refractivity contribution in [3.05, 3.63) is 35.4 Å². The van der Waals surface area contributed by atoms with Gasteiger partial charge in [0.15, 0.2) is 0 Å². The highest BCUT2D eigenvalue weighted by Gasteiger charge is 2.26. The quantitative estimate of drug-likeness (QED) is 0.702. The average Bonchev–Trinajstić information content (AvgIpc) is 2.81. The lowest BCUT2D eigenvalue weighted by molar-refractivity contribution is -0.129. The number of carbonyl (C=O) groups is 2. The lowest BCUT2D eigenvalue weighted by atomic mass is 9.91. The molecular formula is C24H34N2O4. The fraction of sp³-hybridized carbons (Fsp3) is 0.583. The molecule has 164 valence electrons. The van der Waals surface area contributed by atoms with Crippen LogP contribution in [-0.2, 0) is 16.1 Å². The van der Waals surface area contributed by atoms with Crippen molar-refractivity contribution in [3.8, 4) is 11.5 Å². The molecule has 1 unspecified atom stereocenters. The topological polar surface area (TPSA) is 67.9 Å². The molecule has 1 atom stereocenters. The molecule has 30 heavy (non-hydrogen) atoms. The summed E-state index contributed by atoms with van der Waals surface area (Å²) in [5.41, 5.74) is 1.91. The summed E-state index contributed by atoms with van der Waals surface area (Å²) in [6, 6.07) is 5.58. The summed E-state index contributed by atoms with van der Waals surface area (Å²) in [6.45, 7) is 2.04. The highest BCUT2D eigenvalue weighted by atomic mass is 16.5. The highest BCUT2D eigenvalue weighted by molar-refractivity contribution is 5.93. The first-order chi connectivity index (χ1) is 14.6. The van der Waals surface area contributed by atoms with Crippen LogP contribution in [0.4, 0.5) is 0 Å². The van der Waals surface area contributed by atoms with Crippen molar-refractivity contribution in [1.82, 2.24) is 10.2 Å². The van der Waals surface area contributed by atoms with E-state index in [9.17, 15) is 9.59 Å². The molecule has 1 saturated heterocycles. The SMILES string of the molecule is COc1ccc(CNC(=O)CCC2CCCN(C(=O)C3=CCCCC3)C2)c(OC)c1. The number of hydrogen-bond acceptors (Lipinski definition) is 4. The first kappa shape index (κ1) is 22.2. The Balaban J connectivity index is 1.44. The minimum atomic E-state index is 0.0336. The molecule has 0 aromatic heterocycles. The van der Waals surface area contributed by atoms with Crippen LogP contribution in [0.3, 0.4) is 0 Å². The van der Waals surface area contributed by atoms with E-state index in [1.807, 2.05) is 23.1 Å². The molecule has 0 bridgehead atoms. The van der Waals surface area contributed by atoms with Gasteiger partial charge in [0.1, 0.15) is 11.5 Å². The van der Waals surface area contributed by atoms with Gasteiger partial charge < -0.3 is 19.7 Å². The number of likely N-dealkylation sites (tertiary alicyclic amines) is 1. The van der Waals surface area contributed by atoms with Gasteiger partial charge in [-0.05, 0) is 63.0 Å². The van der Waals surface area contributed by atoms with Crippen molar-refractivity contribution in [2.75, 3.05) is 27.3 Å². The molecule has 1 heterocycles. The number of methoxy groups -OCH3 is 2. The van der Waals surface area contributed by atoms with Crippen molar-refractivity contribution >= 4 is 11.8 Å². The molecule has 1 N–H and O–H groups in total. The third kappa shape index (κ3) is 6.00. The highest BCUT2D eigenvalue weighted by Crippen LogP contribution is 2.26. The van der Waals surface area contributed by atoms with Gasteiger partial charge in [-0.25, -0.2) is 0 Å². The maximum atomic E-state index is 12.8. The summed E-state index contributed by atoms with van der Waals surface area (Å²) in [4.78, 5) is 27.1. The Labute approximate surface area is 179 Å². The van der Waals surface area contributed by atoms with Crippen LogP contribution in [0.5, 0.6) is 11.5 Å². The first-order valence-corrected chi connectivity index (χ1v) is 11.1. The number of allylic oxidation sites excluding steroid dienone is 1. The van der Waals surface area contributed by atoms with E-state index < -0.39 is 0 Å². The Morgan fingerprint density at radius 2 is 2.03 bits per heavy atom. The van der Waals surface area contributed by atoms with E-state index in [0.29, 0.717) is 24.6 Å². The average molecular weight is 415 g/mol. The number of benzene rings is 1. The molecular weight excluding hydrogens is 380 g/mol. The second-order valence-corrected chi connectivity index (χ2v) is 8.23. The van der Waals surface area contributed by atoms with E-state index in [0.717, 1.165) is 68.5 Å². The minimum Gasteiger partial charge on any atom is -0.497 e. The molecule has 1 aromatic rings. The van der Waals surface area contributed by atoms with Gasteiger partial charge in [-0.15, -0.1) is 0 Å². The maximum Gasteiger partial charge on any atom is 0.249 e. The molecule has 0 saturated carbocycles. The van der Waals surface area contributed by atoms with Gasteiger partial charge in [-0.1, -0.05) is 6.08 Å². The summed E-state index contributed by atoms with van der Waals surface area (Å²) in [6.07, 6.45) is 9.77. The zero-order valence-corrected chi connectivity index (χ0v) is 18.2. The molecule has 0 spiro atoms. The maximum absolute atomic E-state index is 12.8. The zero-order valence-electron chi connectivity index (χ0n) is 18.2. The van der Waals surface area contributed by atoms with Crippen LogP contribution in [0, 0.1) is 5.92 Å². The van der Waals surface area contributed by atoms with Crippen molar-refractivity contribution in [3.63, 3.8) is 0 Å². The number of amides is 2. The summed E-state index contributed by atoms with van der Waals surface area (Å²) in [5.74, 6) is 2.07. The van der Waals surface area contributed by atoms with Crippen LogP contribution in [0.2, 0.25) is 0 Å². The molecule has 1 fully saturated rings. The van der Waals surface area contributed by atoms with Gasteiger partial charge in [0.2, 0.25) is 11.8 Å². The molecule has 2 aliphatic rings. The molecule has 1 aliphatic heterocycles. The Kier molecular flexibility index (Phi) is 8.17. The lowest BCUT2D eigenvalue weighted by Crippen LogP contribution is -2.41. The van der Waals surface area contributed by atoms with Crippen LogP contribution in [-0.4, -0.2) is 44.0 Å². The summed E-state index contributed by atoms with van der Waals surface area (Å²) >= 11 is 0. The molecule has 1 aromatic carbocycles. The normalized spacial score (nSPS) is 19.1. The second kappa shape index (κ2) is 11.0. The number of rotatable bonds is 8. The van der Waals surface area contributed by atoms with Gasteiger partial charge in [0, 0.05) is 43.3 Å². The van der Waals surface area contributed by atoms with Crippen LogP contribution in [0.25, 0.3) is 0 Å². The minimum absolute atomic E-state index is 0.0336. The predicted octanol–water partition coefficient (Wildman–Crippen LogP) is 3.84. The van der Waals surface area contributed by atoms with Gasteiger partial charge in [-0.2, -0.15) is 0 Å². The summed E-state index contributed by atoms with van der Waals surface area (Å²) < 4.78 is 10.6. The van der Waals surface area contributed by atoms with Crippen molar-refractivity contribution in [1.29, 1.82) is 0 Å². The lowest BCUT2D eigenvalue weighted by Gasteiger charge is -2.34. The van der Waals surface area contributed by atoms with Gasteiger partial charge >= 0.3 is 0 Å². The Bertz CT molecular complexity index is 774. The van der Waals surface area contributed by atoms with Gasteiger partial charge in [0.25, 0.3) is 0 Å². The third-order valence-corrected chi connectivity index (χ3v) is 6.12. The monoisotopic (exact) mass is 414 g/mol. The van der Waals surface area contributed by atoms with Gasteiger partial charge in [0.05, 0.1) is 14.2 Å². The van der Waals surface area contributed by atoms with Crippen LogP contribution in [0.1, 0.15) is 56.9 Å². The molecule has 1 aliphatic carbocycles. The van der Waals surface area contributed by atoms with E-state index in [1.54, 1.807) is 14.2 Å². The van der Waals surface area contributed by atoms with Crippen molar-refractivity contribution in [2.45, 2.75) is 57.9 Å². The Hall–Kier alpha value is -2.50. The Morgan fingerprint density at radius 3 is 2.77 bits per heavy atom. The molecule has 3 rings (SSSR count). The molecule has 6 nitrogen and oxygen atoms in total. The molecule has 2 amide bonds. The van der Waals surface area contributed by atoms with E-state index >= 15 is 0 Å². The zero-order chi connectivity index (χ0) is 21.3. The Morgan fingerprint density at radius 1 is 1.17 bits per heavy atom. The van der Waals surface area contributed by atoms with Gasteiger partial charge in [-0.3, -0.25) is 9.59 Å². The van der Waals surface area contributed by atoms with E-state index in [-0.39, 0.29) is 11.8 Å². The number of piperidine rings is 1. The van der Waals surface area contributed by atoms with E-state index in [1.165, 1.54) is 6.42 Å². The second-order valence-electron chi connectivity index (χ2n) is 8.23. The predicted molar refractivity (Wildman–Crippen MR) is 116 cm³/mol. The third-order valence-electron chi connectivity index (χ3n) is 6.12. The fourth-order valence-corrected chi connectivity index (χ4v) is 4.34. The summed E-state index contributed by atoms with van der Waals surface area (Å²) in [7, 11) is 3.22. The van der Waals surface area contributed by atoms with Crippen molar-refractivity contribution in [2.24, 2.45) is 5.92 Å². The van der Waals surface area contributed by atoms with Crippen LogP contribution < -0.4 is 14.8 Å². The fourth-order valence-electron chi connectivity index (χ4n) is 4.34. The van der Waals surface area contributed by atoms with Crippen molar-refractivity contribution < 1.29 is 19.1 Å². The number of nitrogens with one attached hydrogen (secondary N) is 1. The van der Waals surface area contributed by atoms with E-state index in [4.69, 9.17) is 9.47 Å². The first-order valence-electron chi connectivity index (χ1n) is 11.1. The molecule has 0 radical (unpaired) electrons.